The summed E-state index contributed by atoms with van der Waals surface area (Å²) in [4.78, 5) is 38.2. The van der Waals surface area contributed by atoms with E-state index in [-0.39, 0.29) is 24.9 Å². The molecule has 0 aliphatic carbocycles. The number of hydrogen-bond donors (Lipinski definition) is 3. The summed E-state index contributed by atoms with van der Waals surface area (Å²) >= 11 is 0. The minimum absolute atomic E-state index is 0.00715. The minimum atomic E-state index is -0.543. The van der Waals surface area contributed by atoms with Gasteiger partial charge in [-0.25, -0.2) is 4.79 Å². The molecule has 0 atom stereocenters. The van der Waals surface area contributed by atoms with E-state index >= 15 is 0 Å². The molecule has 2 rings (SSSR count). The topological polar surface area (TPSA) is 135 Å². The largest absolute Gasteiger partial charge is 0.455 e. The molecule has 9 nitrogen and oxygen atoms in total. The summed E-state index contributed by atoms with van der Waals surface area (Å²) in [6, 6.07) is 12.8. The van der Waals surface area contributed by atoms with Crippen LogP contribution in [0.25, 0.3) is 0 Å². The van der Waals surface area contributed by atoms with Crippen molar-refractivity contribution in [1.29, 1.82) is 5.41 Å². The van der Waals surface area contributed by atoms with Gasteiger partial charge in [0.25, 0.3) is 5.91 Å². The fourth-order valence-corrected chi connectivity index (χ4v) is 2.95. The molecule has 0 saturated carbocycles. The van der Waals surface area contributed by atoms with E-state index < -0.39 is 11.9 Å². The molecule has 0 aliphatic rings. The Balaban J connectivity index is 1.83. The van der Waals surface area contributed by atoms with Crippen LogP contribution in [0.1, 0.15) is 42.6 Å². The van der Waals surface area contributed by atoms with Gasteiger partial charge in [0, 0.05) is 18.8 Å². The molecule has 0 unspecified atom stereocenters. The highest BCUT2D eigenvalue weighted by Gasteiger charge is 2.14. The van der Waals surface area contributed by atoms with Crippen LogP contribution in [-0.4, -0.2) is 48.4 Å². The molecule has 0 aromatic heterocycles. The number of nitrogens with one attached hydrogen (secondary N) is 2. The monoisotopic (exact) mass is 454 g/mol. The zero-order valence-corrected chi connectivity index (χ0v) is 18.9. The van der Waals surface area contributed by atoms with E-state index in [1.54, 1.807) is 53.4 Å². The lowest BCUT2D eigenvalue weighted by Gasteiger charge is -2.20. The highest BCUT2D eigenvalue weighted by atomic mass is 16.5. The van der Waals surface area contributed by atoms with Gasteiger partial charge in [0.2, 0.25) is 0 Å². The van der Waals surface area contributed by atoms with E-state index in [1.807, 2.05) is 6.92 Å². The number of unbranched alkanes of at least 4 members (excludes halogenated alkanes) is 1. The molecule has 0 bridgehead atoms. The number of anilines is 1. The number of amides is 1. The summed E-state index contributed by atoms with van der Waals surface area (Å²) in [5.74, 6) is -1.12. The van der Waals surface area contributed by atoms with Crippen LogP contribution in [0.4, 0.5) is 5.69 Å². The summed E-state index contributed by atoms with van der Waals surface area (Å²) in [5, 5.41) is 9.82. The van der Waals surface area contributed by atoms with E-state index in [1.165, 1.54) is 0 Å². The van der Waals surface area contributed by atoms with Crippen LogP contribution in [0, 0.1) is 5.41 Å². The van der Waals surface area contributed by atoms with Gasteiger partial charge in [0.15, 0.2) is 12.6 Å². The van der Waals surface area contributed by atoms with E-state index in [2.05, 4.69) is 12.2 Å². The van der Waals surface area contributed by atoms with Crippen molar-refractivity contribution in [3.63, 3.8) is 0 Å². The molecular weight excluding hydrogens is 424 g/mol. The molecule has 0 radical (unpaired) electrons. The number of guanidine groups is 1. The Morgan fingerprint density at radius 3 is 2.27 bits per heavy atom. The van der Waals surface area contributed by atoms with Gasteiger partial charge >= 0.3 is 11.9 Å². The van der Waals surface area contributed by atoms with Gasteiger partial charge in [-0.2, -0.15) is 0 Å². The van der Waals surface area contributed by atoms with Crippen LogP contribution in [0.5, 0.6) is 5.75 Å². The maximum atomic E-state index is 12.3. The number of esters is 2. The maximum Gasteiger partial charge on any atom is 0.343 e. The van der Waals surface area contributed by atoms with Crippen molar-refractivity contribution >= 4 is 29.5 Å². The lowest BCUT2D eigenvalue weighted by Crippen LogP contribution is -2.35. The second kappa shape index (κ2) is 12.8. The molecule has 0 aliphatic heterocycles. The van der Waals surface area contributed by atoms with E-state index in [0.717, 1.165) is 12.8 Å². The number of carbonyl (C=O) groups is 3. The highest BCUT2D eigenvalue weighted by Crippen LogP contribution is 2.16. The smallest absolute Gasteiger partial charge is 0.343 e. The second-order valence-electron chi connectivity index (χ2n) is 7.31. The third kappa shape index (κ3) is 8.64. The Labute approximate surface area is 193 Å². The van der Waals surface area contributed by atoms with Crippen LogP contribution in [0.3, 0.4) is 0 Å². The van der Waals surface area contributed by atoms with E-state index in [0.29, 0.717) is 35.7 Å². The lowest BCUT2D eigenvalue weighted by atomic mass is 10.1. The molecule has 176 valence electrons. The summed E-state index contributed by atoms with van der Waals surface area (Å²) in [5.41, 5.74) is 6.85. The van der Waals surface area contributed by atoms with E-state index in [9.17, 15) is 14.4 Å². The average Bonchev–Trinajstić information content (AvgIpc) is 2.79. The van der Waals surface area contributed by atoms with Gasteiger partial charge < -0.3 is 25.4 Å². The van der Waals surface area contributed by atoms with Crippen molar-refractivity contribution in [1.82, 2.24) is 4.90 Å². The maximum absolute atomic E-state index is 12.3. The van der Waals surface area contributed by atoms with Gasteiger partial charge in [-0.05, 0) is 55.3 Å². The van der Waals surface area contributed by atoms with Crippen molar-refractivity contribution in [2.24, 2.45) is 5.73 Å². The molecule has 0 saturated heterocycles. The van der Waals surface area contributed by atoms with Crippen LogP contribution in [0.2, 0.25) is 0 Å². The Bertz CT molecular complexity index is 958. The summed E-state index contributed by atoms with van der Waals surface area (Å²) in [7, 11) is 0. The standard InChI is InChI=1S/C24H30N4O5/c1-3-5-14-28(4-2)21(29)16-32-22(30)15-17-6-12-20(13-7-17)33-23(31)18-8-10-19(11-9-18)27-24(25)26/h6-13H,3-5,14-16H2,1-2H3,(H4,25,26,27). The first-order valence-corrected chi connectivity index (χ1v) is 10.8. The Morgan fingerprint density at radius 2 is 1.70 bits per heavy atom. The second-order valence-corrected chi connectivity index (χ2v) is 7.31. The summed E-state index contributed by atoms with van der Waals surface area (Å²) in [6.45, 7) is 4.91. The quantitative estimate of drug-likeness (QED) is 0.206. The predicted molar refractivity (Wildman–Crippen MR) is 125 cm³/mol. The van der Waals surface area contributed by atoms with Gasteiger partial charge in [-0.15, -0.1) is 0 Å². The number of hydrogen-bond acceptors (Lipinski definition) is 6. The van der Waals surface area contributed by atoms with Crippen molar-refractivity contribution in [3.8, 4) is 5.75 Å². The molecule has 2 aromatic carbocycles. The third-order valence-corrected chi connectivity index (χ3v) is 4.75. The molecule has 4 N–H and O–H groups in total. The fraction of sp³-hybridized carbons (Fsp3) is 0.333. The van der Waals surface area contributed by atoms with Crippen molar-refractivity contribution in [2.45, 2.75) is 33.1 Å². The SMILES string of the molecule is CCCCN(CC)C(=O)COC(=O)Cc1ccc(OC(=O)c2ccc(NC(=N)N)cc2)cc1. The first kappa shape index (κ1) is 25.4. The van der Waals surface area contributed by atoms with Crippen LogP contribution >= 0.6 is 0 Å². The van der Waals surface area contributed by atoms with Gasteiger partial charge in [-0.1, -0.05) is 25.5 Å². The normalized spacial score (nSPS) is 10.2. The molecule has 1 amide bonds. The first-order chi connectivity index (χ1) is 15.8. The molecule has 2 aromatic rings. The lowest BCUT2D eigenvalue weighted by molar-refractivity contribution is -0.151. The van der Waals surface area contributed by atoms with Gasteiger partial charge in [0.05, 0.1) is 12.0 Å². The molecule has 0 heterocycles. The Hall–Kier alpha value is -3.88. The van der Waals surface area contributed by atoms with Crippen molar-refractivity contribution < 1.29 is 23.9 Å². The minimum Gasteiger partial charge on any atom is -0.455 e. The van der Waals surface area contributed by atoms with Crippen LogP contribution in [-0.2, 0) is 20.7 Å². The Kier molecular flexibility index (Phi) is 9.88. The summed E-state index contributed by atoms with van der Waals surface area (Å²) in [6.07, 6.45) is 1.90. The average molecular weight is 455 g/mol. The zero-order valence-electron chi connectivity index (χ0n) is 18.9. The third-order valence-electron chi connectivity index (χ3n) is 4.75. The number of carbonyl (C=O) groups excluding carboxylic acids is 3. The number of nitrogens with two attached hydrogens (primary N) is 1. The highest BCUT2D eigenvalue weighted by molar-refractivity contribution is 5.93. The van der Waals surface area contributed by atoms with Crippen LogP contribution in [0.15, 0.2) is 48.5 Å². The molecule has 9 heteroatoms. The molecular formula is C24H30N4O5. The van der Waals surface area contributed by atoms with Crippen molar-refractivity contribution in [3.05, 3.63) is 59.7 Å². The number of nitrogens with zero attached hydrogens (tertiary/aromatic N) is 1. The Morgan fingerprint density at radius 1 is 1.03 bits per heavy atom. The molecule has 0 fully saturated rings. The number of benzene rings is 2. The fourth-order valence-electron chi connectivity index (χ4n) is 2.95. The number of likely N-dealkylation sites (N-methyl/N-ethyl adjacent to an activating group) is 1. The number of rotatable bonds is 11. The van der Waals surface area contributed by atoms with E-state index in [4.69, 9.17) is 20.6 Å². The van der Waals surface area contributed by atoms with Crippen LogP contribution < -0.4 is 15.8 Å². The summed E-state index contributed by atoms with van der Waals surface area (Å²) < 4.78 is 10.5. The predicted octanol–water partition coefficient (Wildman–Crippen LogP) is 2.95. The van der Waals surface area contributed by atoms with Gasteiger partial charge in [0.1, 0.15) is 5.75 Å². The zero-order chi connectivity index (χ0) is 24.2. The first-order valence-electron chi connectivity index (χ1n) is 10.8. The van der Waals surface area contributed by atoms with Gasteiger partial charge in [-0.3, -0.25) is 15.0 Å². The molecule has 0 spiro atoms. The van der Waals surface area contributed by atoms with Crippen molar-refractivity contribution in [2.75, 3.05) is 25.0 Å². The molecule has 33 heavy (non-hydrogen) atoms. The number of ether oxygens (including phenoxy) is 2.